The van der Waals surface area contributed by atoms with Gasteiger partial charge in [0.1, 0.15) is 0 Å². The van der Waals surface area contributed by atoms with Crippen molar-refractivity contribution in [3.8, 4) is 11.4 Å². The van der Waals surface area contributed by atoms with Crippen molar-refractivity contribution in [3.05, 3.63) is 62.0 Å². The molecular weight excluding hydrogens is 559 g/mol. The van der Waals surface area contributed by atoms with Crippen LogP contribution in [0.4, 0.5) is 5.69 Å². The second-order valence-corrected chi connectivity index (χ2v) is 9.71. The summed E-state index contributed by atoms with van der Waals surface area (Å²) in [6, 6.07) is 13.9. The summed E-state index contributed by atoms with van der Waals surface area (Å²) in [6.45, 7) is 4.17. The third-order valence-electron chi connectivity index (χ3n) is 5.23. The van der Waals surface area contributed by atoms with Crippen molar-refractivity contribution in [1.29, 1.82) is 0 Å². The summed E-state index contributed by atoms with van der Waals surface area (Å²) in [6.07, 6.45) is 1.86. The number of carbonyl (C=O) groups is 1. The first-order valence-electron chi connectivity index (χ1n) is 9.86. The van der Waals surface area contributed by atoms with E-state index >= 15 is 0 Å². The number of hydrogen-bond donors (Lipinski definition) is 1. The number of rotatable bonds is 5. The lowest BCUT2D eigenvalue weighted by Gasteiger charge is -2.31. The molecule has 0 radical (unpaired) electrons. The number of halogens is 2. The molecule has 6 nitrogen and oxygen atoms in total. The normalized spacial score (nSPS) is 17.1. The van der Waals surface area contributed by atoms with Crippen LogP contribution >= 0.6 is 38.5 Å². The molecule has 30 heavy (non-hydrogen) atoms. The van der Waals surface area contributed by atoms with Crippen molar-refractivity contribution in [3.63, 3.8) is 0 Å². The zero-order chi connectivity index (χ0) is 21.1. The first-order chi connectivity index (χ1) is 14.5. The van der Waals surface area contributed by atoms with Crippen LogP contribution in [-0.4, -0.2) is 34.0 Å². The highest BCUT2D eigenvalue weighted by molar-refractivity contribution is 14.1. The molecule has 4 rings (SSSR count). The predicted molar refractivity (Wildman–Crippen MR) is 128 cm³/mol. The average Bonchev–Trinajstić information content (AvgIpc) is 3.19. The molecular formula is C22H22BrIN4O2. The third kappa shape index (κ3) is 5.28. The van der Waals surface area contributed by atoms with Crippen molar-refractivity contribution in [2.24, 2.45) is 5.92 Å². The van der Waals surface area contributed by atoms with Crippen LogP contribution in [0.25, 0.3) is 11.4 Å². The minimum atomic E-state index is -0.0510. The Kier molecular flexibility index (Phi) is 6.84. The van der Waals surface area contributed by atoms with Crippen LogP contribution in [0.2, 0.25) is 0 Å². The first kappa shape index (κ1) is 21.5. The molecule has 8 heteroatoms. The lowest BCUT2D eigenvalue weighted by Crippen LogP contribution is -2.40. The Labute approximate surface area is 197 Å². The van der Waals surface area contributed by atoms with Crippen LogP contribution < -0.4 is 5.32 Å². The summed E-state index contributed by atoms with van der Waals surface area (Å²) in [4.78, 5) is 19.6. The molecule has 1 aliphatic rings. The highest BCUT2D eigenvalue weighted by Gasteiger charge is 2.27. The highest BCUT2D eigenvalue weighted by atomic mass is 127. The Bertz CT molecular complexity index is 1060. The number of hydrogen-bond acceptors (Lipinski definition) is 5. The van der Waals surface area contributed by atoms with E-state index in [0.717, 1.165) is 44.2 Å². The van der Waals surface area contributed by atoms with Gasteiger partial charge >= 0.3 is 0 Å². The van der Waals surface area contributed by atoms with Crippen LogP contribution in [-0.2, 0) is 11.3 Å². The molecule has 1 atom stereocenters. The Balaban J connectivity index is 1.38. The van der Waals surface area contributed by atoms with E-state index in [0.29, 0.717) is 24.8 Å². The summed E-state index contributed by atoms with van der Waals surface area (Å²) in [5.41, 5.74) is 2.87. The number of amides is 1. The molecule has 1 saturated heterocycles. The molecule has 1 amide bonds. The Hall–Kier alpha value is -1.78. The second kappa shape index (κ2) is 9.57. The van der Waals surface area contributed by atoms with E-state index in [1.54, 1.807) is 0 Å². The fourth-order valence-corrected chi connectivity index (χ4v) is 4.72. The SMILES string of the molecule is Cc1cc(I)ccc1NC(=O)C1CCCN(Cc2nc(-c3cccc(Br)c3)no2)C1. The van der Waals surface area contributed by atoms with Crippen LogP contribution in [0.15, 0.2) is 51.5 Å². The molecule has 1 unspecified atom stereocenters. The topological polar surface area (TPSA) is 71.3 Å². The molecule has 1 fully saturated rings. The van der Waals surface area contributed by atoms with E-state index in [2.05, 4.69) is 64.9 Å². The van der Waals surface area contributed by atoms with Crippen LogP contribution in [0, 0.1) is 16.4 Å². The van der Waals surface area contributed by atoms with Crippen molar-refractivity contribution in [2.75, 3.05) is 18.4 Å². The van der Waals surface area contributed by atoms with Gasteiger partial charge in [-0.05, 0) is 84.8 Å². The van der Waals surface area contributed by atoms with Gasteiger partial charge in [-0.25, -0.2) is 0 Å². The van der Waals surface area contributed by atoms with Crippen LogP contribution in [0.3, 0.4) is 0 Å². The number of likely N-dealkylation sites (tertiary alicyclic amines) is 1. The number of piperidine rings is 1. The molecule has 1 aromatic heterocycles. The van der Waals surface area contributed by atoms with E-state index < -0.39 is 0 Å². The van der Waals surface area contributed by atoms with E-state index in [4.69, 9.17) is 4.52 Å². The first-order valence-corrected chi connectivity index (χ1v) is 11.7. The van der Waals surface area contributed by atoms with Crippen molar-refractivity contribution in [1.82, 2.24) is 15.0 Å². The lowest BCUT2D eigenvalue weighted by atomic mass is 9.97. The van der Waals surface area contributed by atoms with Gasteiger partial charge < -0.3 is 9.84 Å². The number of anilines is 1. The predicted octanol–water partition coefficient (Wildman–Crippen LogP) is 5.26. The Morgan fingerprint density at radius 2 is 2.20 bits per heavy atom. The molecule has 2 heterocycles. The molecule has 1 aliphatic heterocycles. The molecule has 0 aliphatic carbocycles. The summed E-state index contributed by atoms with van der Waals surface area (Å²) in [7, 11) is 0. The van der Waals surface area contributed by atoms with Crippen molar-refractivity contribution in [2.45, 2.75) is 26.3 Å². The number of aryl methyl sites for hydroxylation is 1. The fraction of sp³-hybridized carbons (Fsp3) is 0.318. The van der Waals surface area contributed by atoms with E-state index in [9.17, 15) is 4.79 Å². The average molecular weight is 581 g/mol. The largest absolute Gasteiger partial charge is 0.338 e. The van der Waals surface area contributed by atoms with Gasteiger partial charge in [0.05, 0.1) is 12.5 Å². The number of benzene rings is 2. The van der Waals surface area contributed by atoms with Gasteiger partial charge in [-0.1, -0.05) is 33.2 Å². The summed E-state index contributed by atoms with van der Waals surface area (Å²) < 4.78 is 7.59. The van der Waals surface area contributed by atoms with Crippen molar-refractivity contribution >= 4 is 50.1 Å². The molecule has 0 bridgehead atoms. The van der Waals surface area contributed by atoms with E-state index in [1.165, 1.54) is 0 Å². The second-order valence-electron chi connectivity index (χ2n) is 7.54. The maximum atomic E-state index is 12.8. The molecule has 3 aromatic rings. The molecule has 0 saturated carbocycles. The number of aromatic nitrogens is 2. The summed E-state index contributed by atoms with van der Waals surface area (Å²) in [5, 5.41) is 7.20. The molecule has 0 spiro atoms. The molecule has 156 valence electrons. The standard InChI is InChI=1S/C22H22BrIN4O2/c1-14-10-18(24)7-8-19(14)25-22(29)16-5-3-9-28(12-16)13-20-26-21(27-30-20)15-4-2-6-17(23)11-15/h2,4,6-8,10-11,16H,3,5,9,12-13H2,1H3,(H,25,29). The lowest BCUT2D eigenvalue weighted by molar-refractivity contribution is -0.121. The van der Waals surface area contributed by atoms with Gasteiger partial charge in [-0.2, -0.15) is 4.98 Å². The maximum absolute atomic E-state index is 12.8. The zero-order valence-corrected chi connectivity index (χ0v) is 20.3. The quantitative estimate of drug-likeness (QED) is 0.417. The molecule has 2 aromatic carbocycles. The third-order valence-corrected chi connectivity index (χ3v) is 6.40. The summed E-state index contributed by atoms with van der Waals surface area (Å²) in [5.74, 6) is 1.17. The minimum absolute atomic E-state index is 0.0510. The van der Waals surface area contributed by atoms with E-state index in [1.807, 2.05) is 43.3 Å². The van der Waals surface area contributed by atoms with Gasteiger partial charge in [0.15, 0.2) is 0 Å². The summed E-state index contributed by atoms with van der Waals surface area (Å²) >= 11 is 5.74. The van der Waals surface area contributed by atoms with Crippen molar-refractivity contribution < 1.29 is 9.32 Å². The van der Waals surface area contributed by atoms with Gasteiger partial charge in [0.25, 0.3) is 0 Å². The maximum Gasteiger partial charge on any atom is 0.241 e. The fourth-order valence-electron chi connectivity index (χ4n) is 3.67. The van der Waals surface area contributed by atoms with Gasteiger partial charge in [-0.15, -0.1) is 0 Å². The Morgan fingerprint density at radius 3 is 3.00 bits per heavy atom. The minimum Gasteiger partial charge on any atom is -0.338 e. The highest BCUT2D eigenvalue weighted by Crippen LogP contribution is 2.24. The number of nitrogens with one attached hydrogen (secondary N) is 1. The van der Waals surface area contributed by atoms with Gasteiger partial charge in [0, 0.05) is 25.8 Å². The van der Waals surface area contributed by atoms with Crippen LogP contribution in [0.5, 0.6) is 0 Å². The number of carbonyl (C=O) groups excluding carboxylic acids is 1. The smallest absolute Gasteiger partial charge is 0.241 e. The van der Waals surface area contributed by atoms with Crippen LogP contribution in [0.1, 0.15) is 24.3 Å². The monoisotopic (exact) mass is 580 g/mol. The van der Waals surface area contributed by atoms with Gasteiger partial charge in [0.2, 0.25) is 17.6 Å². The zero-order valence-electron chi connectivity index (χ0n) is 16.6. The van der Waals surface area contributed by atoms with E-state index in [-0.39, 0.29) is 11.8 Å². The Morgan fingerprint density at radius 1 is 1.33 bits per heavy atom. The van der Waals surface area contributed by atoms with Gasteiger partial charge in [-0.3, -0.25) is 9.69 Å². The number of nitrogens with zero attached hydrogens (tertiary/aromatic N) is 3. The molecule has 1 N–H and O–H groups in total.